The number of carbonyl (C=O) groups excluding carboxylic acids is 6. The normalized spacial score (nSPS) is 5.56. The van der Waals surface area contributed by atoms with E-state index in [4.69, 9.17) is 59.4 Å². The first kappa shape index (κ1) is 56.2. The molecule has 0 rings (SSSR count). The molecule has 0 spiro atoms. The van der Waals surface area contributed by atoms with Crippen LogP contribution >= 0.6 is 0 Å². The molecule has 166 valence electrons. The predicted molar refractivity (Wildman–Crippen MR) is 64.1 cm³/mol. The number of carboxylic acid groups (broad SMARTS) is 6. The Hall–Kier alpha value is -1.67. The van der Waals surface area contributed by atoms with E-state index in [2.05, 4.69) is 0 Å². The standard InChI is InChI=1S/6C2H4O2.2Co.Ni/c6*1-2(3)4;;;/h6*1H3,(H,3,4);;;/q;;;;;;3*+2/p-6. The molecule has 0 aliphatic carbocycles. The average Bonchev–Trinajstić information content (AvgIpc) is 2.08. The Morgan fingerprint density at radius 2 is 0.370 bits per heavy atom. The van der Waals surface area contributed by atoms with Crippen LogP contribution in [0.2, 0.25) is 0 Å². The van der Waals surface area contributed by atoms with Crippen molar-refractivity contribution in [2.45, 2.75) is 41.5 Å². The van der Waals surface area contributed by atoms with Crippen molar-refractivity contribution in [2.24, 2.45) is 0 Å². The summed E-state index contributed by atoms with van der Waals surface area (Å²) in [5.41, 5.74) is 0. The van der Waals surface area contributed by atoms with Crippen LogP contribution in [0.3, 0.4) is 0 Å². The van der Waals surface area contributed by atoms with Crippen LogP contribution in [0.4, 0.5) is 0 Å². The van der Waals surface area contributed by atoms with Gasteiger partial charge in [-0.05, 0) is 41.5 Å². The molecule has 12 nitrogen and oxygen atoms in total. The Morgan fingerprint density at radius 1 is 0.370 bits per heavy atom. The van der Waals surface area contributed by atoms with E-state index in [-0.39, 0.29) is 50.0 Å². The molecule has 0 aromatic heterocycles. The van der Waals surface area contributed by atoms with Gasteiger partial charge in [0.05, 0.1) is 0 Å². The van der Waals surface area contributed by atoms with E-state index in [0.29, 0.717) is 0 Å². The van der Waals surface area contributed by atoms with Gasteiger partial charge in [0.25, 0.3) is 0 Å². The average molecular weight is 531 g/mol. The number of rotatable bonds is 0. The van der Waals surface area contributed by atoms with Crippen LogP contribution in [0, 0.1) is 0 Å². The first-order valence-corrected chi connectivity index (χ1v) is 5.45. The molecule has 0 atom stereocenters. The summed E-state index contributed by atoms with van der Waals surface area (Å²) in [6.07, 6.45) is 0. The molecule has 0 aromatic rings. The van der Waals surface area contributed by atoms with E-state index in [9.17, 15) is 0 Å². The zero-order chi connectivity index (χ0) is 21.5. The third-order valence-electron chi connectivity index (χ3n) is 0. The van der Waals surface area contributed by atoms with Gasteiger partial charge in [0.1, 0.15) is 0 Å². The Bertz CT molecular complexity index is 272. The zero-order valence-electron chi connectivity index (χ0n) is 14.9. The van der Waals surface area contributed by atoms with Gasteiger partial charge in [-0.15, -0.1) is 0 Å². The Balaban J connectivity index is -0.0000000201. The summed E-state index contributed by atoms with van der Waals surface area (Å²) >= 11 is 0. The minimum absolute atomic E-state index is 0. The quantitative estimate of drug-likeness (QED) is 0.265. The maximum atomic E-state index is 8.89. The van der Waals surface area contributed by atoms with E-state index >= 15 is 0 Å². The van der Waals surface area contributed by atoms with Crippen molar-refractivity contribution in [1.82, 2.24) is 0 Å². The van der Waals surface area contributed by atoms with Crippen molar-refractivity contribution in [1.29, 1.82) is 0 Å². The second-order valence-corrected chi connectivity index (χ2v) is 2.95. The van der Waals surface area contributed by atoms with E-state index in [1.54, 1.807) is 0 Å². The number of carboxylic acids is 6. The van der Waals surface area contributed by atoms with Gasteiger partial charge < -0.3 is 59.4 Å². The fourth-order valence-electron chi connectivity index (χ4n) is 0. The number of hydrogen-bond donors (Lipinski definition) is 0. The Labute approximate surface area is 186 Å². The van der Waals surface area contributed by atoms with Crippen LogP contribution in [0.15, 0.2) is 0 Å². The van der Waals surface area contributed by atoms with E-state index in [1.807, 2.05) is 0 Å². The number of aliphatic carboxylic acids is 6. The molecular formula is C12H18Co2NiO12. The van der Waals surface area contributed by atoms with Gasteiger partial charge in [0.2, 0.25) is 0 Å². The molecule has 0 unspecified atom stereocenters. The van der Waals surface area contributed by atoms with Gasteiger partial charge >= 0.3 is 50.0 Å². The first-order chi connectivity index (χ1) is 10.4. The van der Waals surface area contributed by atoms with E-state index in [1.165, 1.54) is 0 Å². The minimum Gasteiger partial charge on any atom is -0.550 e. The monoisotopic (exact) mass is 530 g/mol. The number of hydrogen-bond acceptors (Lipinski definition) is 12. The maximum Gasteiger partial charge on any atom is 2.00 e. The van der Waals surface area contributed by atoms with Crippen molar-refractivity contribution < 1.29 is 109 Å². The van der Waals surface area contributed by atoms with Crippen LogP contribution in [0.25, 0.3) is 0 Å². The van der Waals surface area contributed by atoms with Crippen LogP contribution in [-0.4, -0.2) is 35.8 Å². The van der Waals surface area contributed by atoms with Gasteiger partial charge in [0.15, 0.2) is 0 Å². The second kappa shape index (κ2) is 49.7. The summed E-state index contributed by atoms with van der Waals surface area (Å²) < 4.78 is 0. The Morgan fingerprint density at radius 3 is 0.370 bits per heavy atom. The topological polar surface area (TPSA) is 241 Å². The van der Waals surface area contributed by atoms with E-state index < -0.39 is 35.8 Å². The molecule has 0 aliphatic heterocycles. The fourth-order valence-corrected chi connectivity index (χ4v) is 0. The molecule has 0 saturated carbocycles. The van der Waals surface area contributed by atoms with Crippen LogP contribution in [0.1, 0.15) is 41.5 Å². The summed E-state index contributed by atoms with van der Waals surface area (Å²) in [6, 6.07) is 0. The summed E-state index contributed by atoms with van der Waals surface area (Å²) in [4.78, 5) is 53.3. The Kier molecular flexibility index (Phi) is 103. The van der Waals surface area contributed by atoms with Crippen molar-refractivity contribution >= 4 is 35.8 Å². The van der Waals surface area contributed by atoms with Gasteiger partial charge in [-0.2, -0.15) is 0 Å². The van der Waals surface area contributed by atoms with Gasteiger partial charge in [-0.3, -0.25) is 0 Å². The summed E-state index contributed by atoms with van der Waals surface area (Å²) in [6.45, 7) is 5.83. The maximum absolute atomic E-state index is 8.89. The molecule has 0 N–H and O–H groups in total. The van der Waals surface area contributed by atoms with Crippen LogP contribution < -0.4 is 30.6 Å². The van der Waals surface area contributed by atoms with Crippen molar-refractivity contribution in [3.05, 3.63) is 0 Å². The van der Waals surface area contributed by atoms with Crippen LogP contribution in [0.5, 0.6) is 0 Å². The second-order valence-electron chi connectivity index (χ2n) is 2.95. The molecule has 0 bridgehead atoms. The zero-order valence-corrected chi connectivity index (χ0v) is 18.0. The van der Waals surface area contributed by atoms with Crippen molar-refractivity contribution in [2.75, 3.05) is 0 Å². The third kappa shape index (κ3) is 4330. The fraction of sp³-hybridized carbons (Fsp3) is 0.500. The number of carbonyl (C=O) groups is 6. The van der Waals surface area contributed by atoms with E-state index in [0.717, 1.165) is 41.5 Å². The van der Waals surface area contributed by atoms with Gasteiger partial charge in [-0.25, -0.2) is 0 Å². The SMILES string of the molecule is CC(=O)[O-].CC(=O)[O-].CC(=O)[O-].CC(=O)[O-].CC(=O)[O-].CC(=O)[O-].[Co+2].[Co+2].[Ni+2]. The minimum atomic E-state index is -1.08. The predicted octanol–water partition coefficient (Wildman–Crippen LogP) is -7.47. The summed E-state index contributed by atoms with van der Waals surface area (Å²) in [5, 5.41) is 53.3. The summed E-state index contributed by atoms with van der Waals surface area (Å²) in [7, 11) is 0. The molecule has 0 heterocycles. The van der Waals surface area contributed by atoms with Crippen molar-refractivity contribution in [3.8, 4) is 0 Å². The molecular weight excluding hydrogens is 513 g/mol. The molecule has 27 heavy (non-hydrogen) atoms. The molecule has 15 heteroatoms. The molecule has 0 aliphatic rings. The summed E-state index contributed by atoms with van der Waals surface area (Å²) in [5.74, 6) is -6.50. The first-order valence-electron chi connectivity index (χ1n) is 5.45. The van der Waals surface area contributed by atoms with Gasteiger partial charge in [0, 0.05) is 35.8 Å². The molecule has 2 radical (unpaired) electrons. The van der Waals surface area contributed by atoms with Crippen molar-refractivity contribution in [3.63, 3.8) is 0 Å². The molecule has 0 fully saturated rings. The molecule has 0 aromatic carbocycles. The molecule has 0 saturated heterocycles. The molecule has 0 amide bonds. The largest absolute Gasteiger partial charge is 2.00 e. The smallest absolute Gasteiger partial charge is 0.550 e. The van der Waals surface area contributed by atoms with Crippen LogP contribution in [-0.2, 0) is 78.8 Å². The van der Waals surface area contributed by atoms with Gasteiger partial charge in [-0.1, -0.05) is 0 Å². The third-order valence-corrected chi connectivity index (χ3v) is 0.